The highest BCUT2D eigenvalue weighted by Crippen LogP contribution is 2.17. The van der Waals surface area contributed by atoms with Gasteiger partial charge in [-0.1, -0.05) is 25.7 Å². The zero-order valence-electron chi connectivity index (χ0n) is 13.9. The van der Waals surface area contributed by atoms with E-state index in [0.717, 1.165) is 19.6 Å². The molecule has 1 aliphatic heterocycles. The van der Waals surface area contributed by atoms with Crippen LogP contribution in [0.2, 0.25) is 0 Å². The highest BCUT2D eigenvalue weighted by molar-refractivity contribution is 5.54. The van der Waals surface area contributed by atoms with Crippen LogP contribution in [0.4, 0.5) is 0 Å². The summed E-state index contributed by atoms with van der Waals surface area (Å²) < 4.78 is 2.55. The van der Waals surface area contributed by atoms with E-state index in [0.29, 0.717) is 0 Å². The van der Waals surface area contributed by atoms with Crippen LogP contribution in [0, 0.1) is 0 Å². The minimum Gasteiger partial charge on any atom is -0.307 e. The molecule has 1 aliphatic carbocycles. The number of likely N-dealkylation sites (N-methyl/N-ethyl adjacent to an activating group) is 1. The summed E-state index contributed by atoms with van der Waals surface area (Å²) in [6.07, 6.45) is 17.2. The Kier molecular flexibility index (Phi) is 8.05. The molecule has 2 aliphatic rings. The Labute approximate surface area is 131 Å². The lowest BCUT2D eigenvalue weighted by atomic mass is 10.0. The van der Waals surface area contributed by atoms with Gasteiger partial charge in [-0.25, -0.2) is 4.58 Å². The number of hydrogen-bond donors (Lipinski definition) is 1. The first kappa shape index (κ1) is 16.7. The smallest absolute Gasteiger partial charge is 0.177 e. The van der Waals surface area contributed by atoms with Crippen molar-refractivity contribution in [1.29, 1.82) is 0 Å². The second-order valence-corrected chi connectivity index (χ2v) is 6.59. The molecule has 1 N–H and O–H groups in total. The molecule has 2 rings (SSSR count). The number of allylic oxidation sites excluding steroid dienone is 2. The summed E-state index contributed by atoms with van der Waals surface area (Å²) in [5.41, 5.74) is 1.59. The van der Waals surface area contributed by atoms with Crippen molar-refractivity contribution >= 4 is 6.21 Å². The van der Waals surface area contributed by atoms with Gasteiger partial charge in [-0.15, -0.1) is 0 Å². The van der Waals surface area contributed by atoms with Crippen LogP contribution in [-0.4, -0.2) is 55.5 Å². The molecule has 1 heterocycles. The maximum Gasteiger partial charge on any atom is 0.177 e. The van der Waals surface area contributed by atoms with E-state index in [4.69, 9.17) is 0 Å². The third-order valence-corrected chi connectivity index (χ3v) is 4.70. The van der Waals surface area contributed by atoms with Crippen LogP contribution in [-0.2, 0) is 0 Å². The molecular weight excluding hydrogens is 258 g/mol. The minimum absolute atomic E-state index is 1.01. The summed E-state index contributed by atoms with van der Waals surface area (Å²) in [5, 5.41) is 3.54. The second-order valence-electron chi connectivity index (χ2n) is 6.59. The molecule has 21 heavy (non-hydrogen) atoms. The summed E-state index contributed by atoms with van der Waals surface area (Å²) in [6.45, 7) is 5.65. The SMILES string of the molecule is CN1CCC[N+](/C2=C/CCCCCCCC2)=CCNCC1. The maximum absolute atomic E-state index is 3.54. The first-order valence-corrected chi connectivity index (χ1v) is 9.04. The Morgan fingerprint density at radius 3 is 2.71 bits per heavy atom. The molecule has 0 aromatic carbocycles. The largest absolute Gasteiger partial charge is 0.307 e. The van der Waals surface area contributed by atoms with E-state index >= 15 is 0 Å². The summed E-state index contributed by atoms with van der Waals surface area (Å²) in [5.74, 6) is 0. The fourth-order valence-corrected chi connectivity index (χ4v) is 3.31. The van der Waals surface area contributed by atoms with Gasteiger partial charge in [-0.3, -0.25) is 0 Å². The van der Waals surface area contributed by atoms with Crippen molar-refractivity contribution in [2.24, 2.45) is 0 Å². The molecule has 0 fully saturated rings. The lowest BCUT2D eigenvalue weighted by Gasteiger charge is -2.18. The van der Waals surface area contributed by atoms with Gasteiger partial charge >= 0.3 is 0 Å². The Balaban J connectivity index is 1.99. The summed E-state index contributed by atoms with van der Waals surface area (Å²) in [6, 6.07) is 0. The predicted molar refractivity (Wildman–Crippen MR) is 91.2 cm³/mol. The van der Waals surface area contributed by atoms with Crippen molar-refractivity contribution in [1.82, 2.24) is 10.2 Å². The summed E-state index contributed by atoms with van der Waals surface area (Å²) in [7, 11) is 2.24. The standard InChI is InChI=1S/C18H34N3/c1-20-14-9-15-21(17-13-19-12-16-20)18-10-7-5-3-2-4-6-8-11-18/h10,17,19H,2-9,11-16H2,1H3/q+1/b18-10+,21-17?. The molecule has 0 spiro atoms. The Hall–Kier alpha value is -0.670. The monoisotopic (exact) mass is 292 g/mol. The molecule has 0 aromatic rings. The van der Waals surface area contributed by atoms with Crippen LogP contribution in [0.1, 0.15) is 57.8 Å². The molecule has 0 saturated heterocycles. The zero-order valence-corrected chi connectivity index (χ0v) is 13.9. The van der Waals surface area contributed by atoms with Gasteiger partial charge in [0.05, 0.1) is 6.54 Å². The lowest BCUT2D eigenvalue weighted by molar-refractivity contribution is -0.477. The molecule has 0 unspecified atom stereocenters. The van der Waals surface area contributed by atoms with Gasteiger partial charge < -0.3 is 10.2 Å². The van der Waals surface area contributed by atoms with Crippen molar-refractivity contribution in [3.05, 3.63) is 11.8 Å². The quantitative estimate of drug-likeness (QED) is 0.749. The molecule has 3 heteroatoms. The topological polar surface area (TPSA) is 18.3 Å². The first-order valence-electron chi connectivity index (χ1n) is 9.04. The van der Waals surface area contributed by atoms with E-state index in [2.05, 4.69) is 34.1 Å². The van der Waals surface area contributed by atoms with Crippen LogP contribution >= 0.6 is 0 Å². The molecule has 0 aromatic heterocycles. The number of hydrogen-bond acceptors (Lipinski definition) is 2. The van der Waals surface area contributed by atoms with Gasteiger partial charge in [0.15, 0.2) is 11.9 Å². The summed E-state index contributed by atoms with van der Waals surface area (Å²) in [4.78, 5) is 2.44. The van der Waals surface area contributed by atoms with Gasteiger partial charge in [-0.05, 0) is 32.4 Å². The molecule has 0 radical (unpaired) electrons. The molecular formula is C18H34N3+. The van der Waals surface area contributed by atoms with Gasteiger partial charge in [0, 0.05) is 32.5 Å². The average molecular weight is 292 g/mol. The predicted octanol–water partition coefficient (Wildman–Crippen LogP) is 3.01. The van der Waals surface area contributed by atoms with E-state index in [-0.39, 0.29) is 0 Å². The van der Waals surface area contributed by atoms with Gasteiger partial charge in [0.25, 0.3) is 0 Å². The molecule has 0 saturated carbocycles. The van der Waals surface area contributed by atoms with Gasteiger partial charge in [0.2, 0.25) is 0 Å². The van der Waals surface area contributed by atoms with E-state index in [9.17, 15) is 0 Å². The fraction of sp³-hybridized carbons (Fsp3) is 0.833. The highest BCUT2D eigenvalue weighted by Gasteiger charge is 2.14. The van der Waals surface area contributed by atoms with Crippen LogP contribution in [0.15, 0.2) is 11.8 Å². The summed E-state index contributed by atoms with van der Waals surface area (Å²) >= 11 is 0. The van der Waals surface area contributed by atoms with Crippen molar-refractivity contribution in [2.45, 2.75) is 57.8 Å². The molecule has 0 amide bonds. The van der Waals surface area contributed by atoms with Crippen molar-refractivity contribution in [3.8, 4) is 0 Å². The number of nitrogens with one attached hydrogen (secondary N) is 1. The molecule has 3 nitrogen and oxygen atoms in total. The maximum atomic E-state index is 3.54. The van der Waals surface area contributed by atoms with Crippen LogP contribution in [0.3, 0.4) is 0 Å². The zero-order chi connectivity index (χ0) is 14.8. The van der Waals surface area contributed by atoms with E-state index in [1.807, 2.05) is 0 Å². The van der Waals surface area contributed by atoms with Gasteiger partial charge in [0.1, 0.15) is 6.54 Å². The van der Waals surface area contributed by atoms with Crippen LogP contribution < -0.4 is 5.32 Å². The minimum atomic E-state index is 1.01. The number of rotatable bonds is 1. The van der Waals surface area contributed by atoms with E-state index in [1.54, 1.807) is 5.70 Å². The average Bonchev–Trinajstić information content (AvgIpc) is 2.51. The Morgan fingerprint density at radius 1 is 1.00 bits per heavy atom. The normalized spacial score (nSPS) is 27.3. The van der Waals surface area contributed by atoms with Crippen molar-refractivity contribution < 1.29 is 4.58 Å². The molecule has 120 valence electrons. The van der Waals surface area contributed by atoms with Crippen molar-refractivity contribution in [3.63, 3.8) is 0 Å². The Morgan fingerprint density at radius 2 is 1.81 bits per heavy atom. The Bertz CT molecular complexity index is 346. The lowest BCUT2D eigenvalue weighted by Crippen LogP contribution is -2.34. The second kappa shape index (κ2) is 10.1. The van der Waals surface area contributed by atoms with Crippen LogP contribution in [0.5, 0.6) is 0 Å². The fourth-order valence-electron chi connectivity index (χ4n) is 3.31. The van der Waals surface area contributed by atoms with E-state index < -0.39 is 0 Å². The van der Waals surface area contributed by atoms with Gasteiger partial charge in [-0.2, -0.15) is 0 Å². The third kappa shape index (κ3) is 6.75. The molecule has 0 bridgehead atoms. The first-order chi connectivity index (χ1) is 10.4. The van der Waals surface area contributed by atoms with Crippen molar-refractivity contribution in [2.75, 3.05) is 39.8 Å². The third-order valence-electron chi connectivity index (χ3n) is 4.70. The van der Waals surface area contributed by atoms with Crippen LogP contribution in [0.25, 0.3) is 0 Å². The highest BCUT2D eigenvalue weighted by atomic mass is 15.1. The number of nitrogens with zero attached hydrogens (tertiary/aromatic N) is 2. The van der Waals surface area contributed by atoms with E-state index in [1.165, 1.54) is 70.9 Å². The molecule has 0 atom stereocenters.